The summed E-state index contributed by atoms with van der Waals surface area (Å²) < 4.78 is 7.17. The largest absolute Gasteiger partial charge is 0.493 e. The van der Waals surface area contributed by atoms with Crippen LogP contribution in [0.15, 0.2) is 24.5 Å². The van der Waals surface area contributed by atoms with Gasteiger partial charge in [0.05, 0.1) is 12.6 Å². The monoisotopic (exact) mass is 162 g/mol. The Hall–Kier alpha value is -1.51. The quantitative estimate of drug-likeness (QED) is 0.636. The van der Waals surface area contributed by atoms with Crippen molar-refractivity contribution in [3.05, 3.63) is 24.5 Å². The van der Waals surface area contributed by atoms with Gasteiger partial charge in [-0.05, 0) is 12.1 Å². The Labute approximate surface area is 70.6 Å². The van der Waals surface area contributed by atoms with Crippen molar-refractivity contribution in [3.8, 4) is 5.75 Å². The van der Waals surface area contributed by atoms with Crippen molar-refractivity contribution in [1.82, 2.24) is 9.55 Å². The summed E-state index contributed by atoms with van der Waals surface area (Å²) in [6.45, 7) is 0. The molecule has 0 saturated heterocycles. The minimum absolute atomic E-state index is 0.827. The van der Waals surface area contributed by atoms with Crippen LogP contribution in [-0.2, 0) is 7.05 Å². The zero-order valence-corrected chi connectivity index (χ0v) is 7.11. The summed E-state index contributed by atoms with van der Waals surface area (Å²) in [4.78, 5) is 4.23. The van der Waals surface area contributed by atoms with Gasteiger partial charge in [0.25, 0.3) is 0 Å². The van der Waals surface area contributed by atoms with Crippen molar-refractivity contribution in [2.75, 3.05) is 7.11 Å². The van der Waals surface area contributed by atoms with Gasteiger partial charge in [-0.3, -0.25) is 4.98 Å². The number of pyridine rings is 1. The third kappa shape index (κ3) is 0.863. The Bertz CT molecular complexity index is 406. The molecule has 2 rings (SSSR count). The molecule has 3 nitrogen and oxygen atoms in total. The number of nitrogens with zero attached hydrogens (tertiary/aromatic N) is 2. The van der Waals surface area contributed by atoms with Gasteiger partial charge in [-0.2, -0.15) is 0 Å². The molecule has 0 aliphatic rings. The van der Waals surface area contributed by atoms with Crippen LogP contribution in [0, 0.1) is 0 Å². The fourth-order valence-electron chi connectivity index (χ4n) is 1.33. The second-order valence-corrected chi connectivity index (χ2v) is 2.68. The van der Waals surface area contributed by atoms with Gasteiger partial charge in [0.2, 0.25) is 0 Å². The lowest BCUT2D eigenvalue weighted by Gasteiger charge is -1.93. The first-order valence-corrected chi connectivity index (χ1v) is 3.77. The average molecular weight is 162 g/mol. The van der Waals surface area contributed by atoms with Gasteiger partial charge < -0.3 is 9.30 Å². The molecule has 0 bridgehead atoms. The standard InChI is InChI=1S/C9H10N2O/c1-11-6-8(12-2)9-7(11)4-3-5-10-9/h3-6H,1-2H3. The molecule has 0 aliphatic carbocycles. The molecule has 0 amide bonds. The minimum atomic E-state index is 0.827. The number of rotatable bonds is 1. The van der Waals surface area contributed by atoms with Crippen LogP contribution in [0.3, 0.4) is 0 Å². The minimum Gasteiger partial charge on any atom is -0.493 e. The number of ether oxygens (including phenoxy) is 1. The highest BCUT2D eigenvalue weighted by atomic mass is 16.5. The van der Waals surface area contributed by atoms with Crippen LogP contribution in [0.4, 0.5) is 0 Å². The Balaban J connectivity index is 2.82. The van der Waals surface area contributed by atoms with Crippen LogP contribution < -0.4 is 4.74 Å². The number of aromatic nitrogens is 2. The maximum absolute atomic E-state index is 5.16. The number of fused-ring (bicyclic) bond motifs is 1. The fraction of sp³-hybridized carbons (Fsp3) is 0.222. The number of hydrogen-bond acceptors (Lipinski definition) is 2. The molecule has 3 heteroatoms. The molecule has 0 atom stereocenters. The second-order valence-electron chi connectivity index (χ2n) is 2.68. The van der Waals surface area contributed by atoms with E-state index in [1.807, 2.05) is 29.9 Å². The summed E-state index contributed by atoms with van der Waals surface area (Å²) in [5.74, 6) is 0.827. The fourth-order valence-corrected chi connectivity index (χ4v) is 1.33. The molecule has 2 aromatic rings. The lowest BCUT2D eigenvalue weighted by Crippen LogP contribution is -1.82. The van der Waals surface area contributed by atoms with E-state index in [-0.39, 0.29) is 0 Å². The summed E-state index contributed by atoms with van der Waals surface area (Å²) in [5.41, 5.74) is 2.01. The Morgan fingerprint density at radius 2 is 2.33 bits per heavy atom. The summed E-state index contributed by atoms with van der Waals surface area (Å²) in [6.07, 6.45) is 3.70. The van der Waals surface area contributed by atoms with E-state index in [1.165, 1.54) is 0 Å². The first-order valence-electron chi connectivity index (χ1n) is 3.77. The smallest absolute Gasteiger partial charge is 0.162 e. The van der Waals surface area contributed by atoms with E-state index < -0.39 is 0 Å². The van der Waals surface area contributed by atoms with Crippen LogP contribution >= 0.6 is 0 Å². The van der Waals surface area contributed by atoms with Crippen molar-refractivity contribution in [2.24, 2.45) is 7.05 Å². The van der Waals surface area contributed by atoms with Crippen molar-refractivity contribution in [3.63, 3.8) is 0 Å². The van der Waals surface area contributed by atoms with Gasteiger partial charge in [-0.25, -0.2) is 0 Å². The molecule has 0 aliphatic heterocycles. The molecule has 12 heavy (non-hydrogen) atoms. The maximum Gasteiger partial charge on any atom is 0.162 e. The van der Waals surface area contributed by atoms with E-state index >= 15 is 0 Å². The molecule has 0 N–H and O–H groups in total. The van der Waals surface area contributed by atoms with Crippen LogP contribution in [0.2, 0.25) is 0 Å². The van der Waals surface area contributed by atoms with E-state index in [1.54, 1.807) is 13.3 Å². The predicted molar refractivity (Wildman–Crippen MR) is 47.3 cm³/mol. The molecule has 62 valence electrons. The van der Waals surface area contributed by atoms with Crippen LogP contribution in [0.5, 0.6) is 5.75 Å². The molecular weight excluding hydrogens is 152 g/mol. The van der Waals surface area contributed by atoms with E-state index in [2.05, 4.69) is 4.98 Å². The van der Waals surface area contributed by atoms with Crippen molar-refractivity contribution >= 4 is 11.0 Å². The molecule has 0 unspecified atom stereocenters. The SMILES string of the molecule is COc1cn(C)c2cccnc12. The summed E-state index contributed by atoms with van der Waals surface area (Å²) in [7, 11) is 3.63. The molecular formula is C9H10N2O. The first-order chi connectivity index (χ1) is 5.83. The Morgan fingerprint density at radius 3 is 3.08 bits per heavy atom. The summed E-state index contributed by atoms with van der Waals surface area (Å²) in [5, 5.41) is 0. The zero-order chi connectivity index (χ0) is 8.55. The van der Waals surface area contributed by atoms with E-state index in [0.29, 0.717) is 0 Å². The maximum atomic E-state index is 5.16. The van der Waals surface area contributed by atoms with Crippen LogP contribution in [0.1, 0.15) is 0 Å². The molecule has 0 saturated carbocycles. The third-order valence-electron chi connectivity index (χ3n) is 1.93. The van der Waals surface area contributed by atoms with Gasteiger partial charge in [0, 0.05) is 19.4 Å². The van der Waals surface area contributed by atoms with Crippen molar-refractivity contribution < 1.29 is 4.74 Å². The molecule has 0 spiro atoms. The van der Waals surface area contributed by atoms with Crippen LogP contribution in [0.25, 0.3) is 11.0 Å². The van der Waals surface area contributed by atoms with Crippen LogP contribution in [-0.4, -0.2) is 16.7 Å². The van der Waals surface area contributed by atoms with Gasteiger partial charge in [0.15, 0.2) is 5.75 Å². The van der Waals surface area contributed by atoms with Crippen molar-refractivity contribution in [1.29, 1.82) is 0 Å². The lowest BCUT2D eigenvalue weighted by molar-refractivity contribution is 0.417. The highest BCUT2D eigenvalue weighted by molar-refractivity contribution is 5.82. The highest BCUT2D eigenvalue weighted by Crippen LogP contribution is 2.23. The Morgan fingerprint density at radius 1 is 1.50 bits per heavy atom. The van der Waals surface area contributed by atoms with Crippen molar-refractivity contribution in [2.45, 2.75) is 0 Å². The summed E-state index contributed by atoms with van der Waals surface area (Å²) in [6, 6.07) is 3.94. The molecule has 0 fully saturated rings. The van der Waals surface area contributed by atoms with Gasteiger partial charge in [0.1, 0.15) is 5.52 Å². The summed E-state index contributed by atoms with van der Waals surface area (Å²) >= 11 is 0. The number of aryl methyl sites for hydroxylation is 1. The number of methoxy groups -OCH3 is 1. The van der Waals surface area contributed by atoms with E-state index in [9.17, 15) is 0 Å². The molecule has 2 heterocycles. The number of hydrogen-bond donors (Lipinski definition) is 0. The average Bonchev–Trinajstić information content (AvgIpc) is 2.44. The highest BCUT2D eigenvalue weighted by Gasteiger charge is 2.05. The topological polar surface area (TPSA) is 27.1 Å². The first kappa shape index (κ1) is 7.16. The van der Waals surface area contributed by atoms with E-state index in [0.717, 1.165) is 16.8 Å². The zero-order valence-electron chi connectivity index (χ0n) is 7.11. The predicted octanol–water partition coefficient (Wildman–Crippen LogP) is 1.58. The molecule has 2 aromatic heterocycles. The van der Waals surface area contributed by atoms with Gasteiger partial charge in [-0.15, -0.1) is 0 Å². The third-order valence-corrected chi connectivity index (χ3v) is 1.93. The Kier molecular flexibility index (Phi) is 1.50. The molecule has 0 aromatic carbocycles. The normalized spacial score (nSPS) is 10.5. The molecule has 0 radical (unpaired) electrons. The van der Waals surface area contributed by atoms with Gasteiger partial charge in [-0.1, -0.05) is 0 Å². The second kappa shape index (κ2) is 2.52. The van der Waals surface area contributed by atoms with Gasteiger partial charge >= 0.3 is 0 Å². The van der Waals surface area contributed by atoms with E-state index in [4.69, 9.17) is 4.74 Å². The lowest BCUT2D eigenvalue weighted by atomic mass is 10.4.